The number of halogens is 1. The van der Waals surface area contributed by atoms with Gasteiger partial charge in [-0.2, -0.15) is 0 Å². The highest BCUT2D eigenvalue weighted by Gasteiger charge is 2.31. The highest BCUT2D eigenvalue weighted by atomic mass is 35.5. The average molecular weight is 455 g/mol. The molecule has 0 bridgehead atoms. The Morgan fingerprint density at radius 1 is 1.29 bits per heavy atom. The Balaban J connectivity index is 1.64. The first-order valence-electron chi connectivity index (χ1n) is 9.05. The van der Waals surface area contributed by atoms with Gasteiger partial charge < -0.3 is 4.42 Å². The fourth-order valence-electron chi connectivity index (χ4n) is 2.92. The van der Waals surface area contributed by atoms with E-state index >= 15 is 0 Å². The van der Waals surface area contributed by atoms with Crippen molar-refractivity contribution in [3.8, 4) is 11.3 Å². The van der Waals surface area contributed by atoms with Crippen molar-refractivity contribution in [1.82, 2.24) is 9.88 Å². The number of aliphatic imine (C=N–C) groups is 1. The molecule has 4 rings (SSSR count). The van der Waals surface area contributed by atoms with E-state index in [-0.39, 0.29) is 16.7 Å². The number of likely N-dealkylation sites (N-methyl/N-ethyl adjacent to an activating group) is 1. The highest BCUT2D eigenvalue weighted by Crippen LogP contribution is 2.36. The summed E-state index contributed by atoms with van der Waals surface area (Å²) < 4.78 is 5.78. The Morgan fingerprint density at radius 2 is 2.10 bits per heavy atom. The predicted molar refractivity (Wildman–Crippen MR) is 120 cm³/mol. The van der Waals surface area contributed by atoms with Gasteiger partial charge in [-0.1, -0.05) is 17.7 Å². The maximum absolute atomic E-state index is 12.6. The number of furan rings is 1. The van der Waals surface area contributed by atoms with Gasteiger partial charge in [0.05, 0.1) is 15.4 Å². The van der Waals surface area contributed by atoms with Gasteiger partial charge >= 0.3 is 0 Å². The molecule has 0 N–H and O–H groups in total. The van der Waals surface area contributed by atoms with E-state index < -0.39 is 4.92 Å². The van der Waals surface area contributed by atoms with Gasteiger partial charge in [-0.05, 0) is 54.6 Å². The number of pyridine rings is 1. The van der Waals surface area contributed by atoms with E-state index in [4.69, 9.17) is 16.0 Å². The third-order valence-corrected chi connectivity index (χ3v) is 5.83. The summed E-state index contributed by atoms with van der Waals surface area (Å²) in [5, 5.41) is 12.1. The number of hydrogen-bond acceptors (Lipinski definition) is 7. The average Bonchev–Trinajstić information content (AvgIpc) is 3.30. The van der Waals surface area contributed by atoms with Crippen LogP contribution in [0.15, 0.2) is 63.0 Å². The molecule has 10 heteroatoms. The number of hydrogen-bond donors (Lipinski definition) is 0. The highest BCUT2D eigenvalue weighted by molar-refractivity contribution is 8.18. The molecular formula is C21H15ClN4O4S. The minimum atomic E-state index is -0.444. The van der Waals surface area contributed by atoms with Gasteiger partial charge in [0.1, 0.15) is 17.2 Å². The number of nitro benzene ring substituents is 1. The van der Waals surface area contributed by atoms with Crippen LogP contribution in [0, 0.1) is 17.0 Å². The van der Waals surface area contributed by atoms with Crippen molar-refractivity contribution in [3.05, 3.63) is 80.2 Å². The van der Waals surface area contributed by atoms with Crippen LogP contribution in [-0.4, -0.2) is 32.9 Å². The van der Waals surface area contributed by atoms with Crippen LogP contribution < -0.4 is 0 Å². The summed E-state index contributed by atoms with van der Waals surface area (Å²) in [6.45, 7) is 1.78. The smallest absolute Gasteiger partial charge is 0.280 e. The van der Waals surface area contributed by atoms with Crippen molar-refractivity contribution in [3.63, 3.8) is 0 Å². The lowest BCUT2D eigenvalue weighted by molar-refractivity contribution is -0.384. The van der Waals surface area contributed by atoms with E-state index in [2.05, 4.69) is 9.98 Å². The third kappa shape index (κ3) is 4.23. The summed E-state index contributed by atoms with van der Waals surface area (Å²) in [5.74, 6) is 0.496. The molecule has 31 heavy (non-hydrogen) atoms. The van der Waals surface area contributed by atoms with Crippen LogP contribution in [0.5, 0.6) is 0 Å². The summed E-state index contributed by atoms with van der Waals surface area (Å²) in [6.07, 6.45) is 3.14. The Morgan fingerprint density at radius 3 is 2.84 bits per heavy atom. The second kappa shape index (κ2) is 8.37. The number of nitro groups is 1. The minimum Gasteiger partial charge on any atom is -0.456 e. The number of aryl methyl sites for hydroxylation is 1. The first kappa shape index (κ1) is 20.8. The molecule has 0 radical (unpaired) electrons. The van der Waals surface area contributed by atoms with Crippen LogP contribution in [0.4, 0.5) is 11.4 Å². The molecule has 0 saturated carbocycles. The molecule has 0 unspecified atom stereocenters. The number of carbonyl (C=O) groups excluding carboxylic acids is 1. The Labute approximate surface area is 186 Å². The molecule has 0 aliphatic carbocycles. The quantitative estimate of drug-likeness (QED) is 0.225. The van der Waals surface area contributed by atoms with Gasteiger partial charge in [0.25, 0.3) is 11.6 Å². The maximum atomic E-state index is 12.6. The number of amidine groups is 1. The molecule has 1 aromatic carbocycles. The topological polar surface area (TPSA) is 102 Å². The zero-order chi connectivity index (χ0) is 22.1. The zero-order valence-electron chi connectivity index (χ0n) is 16.4. The third-order valence-electron chi connectivity index (χ3n) is 4.47. The molecule has 1 aliphatic rings. The van der Waals surface area contributed by atoms with Crippen molar-refractivity contribution in [1.29, 1.82) is 0 Å². The number of rotatable bonds is 4. The van der Waals surface area contributed by atoms with E-state index in [1.54, 1.807) is 62.6 Å². The van der Waals surface area contributed by atoms with Gasteiger partial charge in [-0.25, -0.2) is 9.98 Å². The largest absolute Gasteiger partial charge is 0.456 e. The molecule has 1 saturated heterocycles. The molecule has 1 aliphatic heterocycles. The molecule has 156 valence electrons. The van der Waals surface area contributed by atoms with E-state index in [9.17, 15) is 14.9 Å². The van der Waals surface area contributed by atoms with Crippen LogP contribution in [0.2, 0.25) is 5.15 Å². The number of carbonyl (C=O) groups is 1. The summed E-state index contributed by atoms with van der Waals surface area (Å²) in [7, 11) is 1.61. The number of aromatic nitrogens is 1. The van der Waals surface area contributed by atoms with E-state index in [0.717, 1.165) is 5.56 Å². The first-order chi connectivity index (χ1) is 14.8. The van der Waals surface area contributed by atoms with Crippen molar-refractivity contribution < 1.29 is 14.1 Å². The summed E-state index contributed by atoms with van der Waals surface area (Å²) in [5.41, 5.74) is 1.57. The van der Waals surface area contributed by atoms with E-state index in [0.29, 0.717) is 32.8 Å². The zero-order valence-corrected chi connectivity index (χ0v) is 18.0. The SMILES string of the molecule is Cc1ccc(-c2ccc(/C=C3/SC(=Nc4cccnc4Cl)N(C)C3=O)o2)c([N+](=O)[O-])c1. The molecule has 8 nitrogen and oxygen atoms in total. The van der Waals surface area contributed by atoms with Gasteiger partial charge in [-0.3, -0.25) is 19.8 Å². The fourth-order valence-corrected chi connectivity index (χ4v) is 4.04. The van der Waals surface area contributed by atoms with Crippen LogP contribution in [-0.2, 0) is 4.79 Å². The summed E-state index contributed by atoms with van der Waals surface area (Å²) in [4.78, 5) is 33.8. The Hall–Kier alpha value is -3.43. The maximum Gasteiger partial charge on any atom is 0.280 e. The van der Waals surface area contributed by atoms with Crippen LogP contribution >= 0.6 is 23.4 Å². The normalized spacial score (nSPS) is 16.5. The molecule has 3 aromatic rings. The second-order valence-electron chi connectivity index (χ2n) is 6.66. The molecule has 1 fully saturated rings. The van der Waals surface area contributed by atoms with Gasteiger partial charge in [0.2, 0.25) is 0 Å². The van der Waals surface area contributed by atoms with Crippen molar-refractivity contribution in [2.45, 2.75) is 6.92 Å². The lowest BCUT2D eigenvalue weighted by atomic mass is 10.1. The minimum absolute atomic E-state index is 0.0395. The molecule has 0 atom stereocenters. The molecule has 3 heterocycles. The van der Waals surface area contributed by atoms with Gasteiger partial charge in [0, 0.05) is 25.4 Å². The van der Waals surface area contributed by atoms with Crippen LogP contribution in [0.3, 0.4) is 0 Å². The van der Waals surface area contributed by atoms with Crippen molar-refractivity contribution in [2.75, 3.05) is 7.05 Å². The predicted octanol–water partition coefficient (Wildman–Crippen LogP) is 5.45. The fraction of sp³-hybridized carbons (Fsp3) is 0.0952. The second-order valence-corrected chi connectivity index (χ2v) is 8.03. The van der Waals surface area contributed by atoms with Gasteiger partial charge in [0.15, 0.2) is 10.3 Å². The number of amides is 1. The number of nitrogens with zero attached hydrogens (tertiary/aromatic N) is 4. The molecular weight excluding hydrogens is 440 g/mol. The Kier molecular flexibility index (Phi) is 5.62. The van der Waals surface area contributed by atoms with Crippen LogP contribution in [0.1, 0.15) is 11.3 Å². The number of benzene rings is 1. The lowest BCUT2D eigenvalue weighted by Gasteiger charge is -2.07. The number of thioether (sulfide) groups is 1. The summed E-state index contributed by atoms with van der Waals surface area (Å²) >= 11 is 7.22. The first-order valence-corrected chi connectivity index (χ1v) is 10.2. The molecule has 0 spiro atoms. The monoisotopic (exact) mass is 454 g/mol. The van der Waals surface area contributed by atoms with Crippen LogP contribution in [0.25, 0.3) is 17.4 Å². The summed E-state index contributed by atoms with van der Waals surface area (Å²) in [6, 6.07) is 11.6. The van der Waals surface area contributed by atoms with Gasteiger partial charge in [-0.15, -0.1) is 0 Å². The van der Waals surface area contributed by atoms with E-state index in [1.165, 1.54) is 22.7 Å². The van der Waals surface area contributed by atoms with Crippen molar-refractivity contribution in [2.24, 2.45) is 4.99 Å². The van der Waals surface area contributed by atoms with E-state index in [1.807, 2.05) is 0 Å². The molecule has 1 amide bonds. The lowest BCUT2D eigenvalue weighted by Crippen LogP contribution is -2.23. The Bertz CT molecular complexity index is 1270. The van der Waals surface area contributed by atoms with Crippen molar-refractivity contribution >= 4 is 51.9 Å². The standard InChI is InChI=1S/C21H15ClN4O4S/c1-12-5-7-14(16(10-12)26(28)29)17-8-6-13(30-17)11-18-20(27)25(2)21(31-18)24-15-4-3-9-23-19(15)22/h3-11H,1-2H3/b18-11+,24-21?. The molecule has 2 aromatic heterocycles.